The maximum absolute atomic E-state index is 13.7. The molecule has 2 amide bonds. The van der Waals surface area contributed by atoms with E-state index in [0.29, 0.717) is 21.1 Å². The van der Waals surface area contributed by atoms with Crippen LogP contribution in [0.25, 0.3) is 22.3 Å². The number of hydrogen-bond acceptors (Lipinski definition) is 8. The van der Waals surface area contributed by atoms with Gasteiger partial charge in [0.15, 0.2) is 0 Å². The number of ether oxygens (including phenoxy) is 2. The van der Waals surface area contributed by atoms with Crippen LogP contribution in [-0.4, -0.2) is 37.0 Å². The summed E-state index contributed by atoms with van der Waals surface area (Å²) in [5.41, 5.74) is 3.39. The molecule has 0 saturated heterocycles. The van der Waals surface area contributed by atoms with Crippen LogP contribution < -0.4 is 10.6 Å². The van der Waals surface area contributed by atoms with Gasteiger partial charge in [-0.25, -0.2) is 9.59 Å². The summed E-state index contributed by atoms with van der Waals surface area (Å²) in [4.78, 5) is 53.5. The average molecular weight is 783 g/mol. The SMILES string of the molecule is CCOC(=O)c1c(-c2ccc(Br)cc2)csc1NC(=O)c1ccccc1C(=O)Nc1scc(-c2ccc(Br)cc2)c1C(=O)OCC. The molecule has 5 rings (SSSR count). The third-order valence-electron chi connectivity index (χ3n) is 6.72. The number of thiophene rings is 2. The monoisotopic (exact) mass is 780 g/mol. The van der Waals surface area contributed by atoms with E-state index in [-0.39, 0.29) is 35.5 Å². The van der Waals surface area contributed by atoms with Gasteiger partial charge in [-0.1, -0.05) is 68.3 Å². The number of esters is 2. The molecular formula is C34H26Br2N2O6S2. The molecule has 8 nitrogen and oxygen atoms in total. The first kappa shape index (κ1) is 33.3. The normalized spacial score (nSPS) is 10.7. The minimum atomic E-state index is -0.590. The van der Waals surface area contributed by atoms with Gasteiger partial charge in [0.1, 0.15) is 21.1 Å². The number of rotatable bonds is 10. The maximum atomic E-state index is 13.7. The van der Waals surface area contributed by atoms with Crippen molar-refractivity contribution >= 4 is 88.3 Å². The highest BCUT2D eigenvalue weighted by atomic mass is 79.9. The number of benzene rings is 3. The molecule has 0 aliphatic heterocycles. The van der Waals surface area contributed by atoms with Crippen molar-refractivity contribution in [2.75, 3.05) is 23.8 Å². The quantitative estimate of drug-likeness (QED) is 0.137. The van der Waals surface area contributed by atoms with E-state index in [4.69, 9.17) is 9.47 Å². The van der Waals surface area contributed by atoms with Crippen LogP contribution in [0.1, 0.15) is 55.3 Å². The Kier molecular flexibility index (Phi) is 10.8. The van der Waals surface area contributed by atoms with Crippen molar-refractivity contribution in [3.8, 4) is 22.3 Å². The Morgan fingerprint density at radius 3 is 1.33 bits per heavy atom. The van der Waals surface area contributed by atoms with Gasteiger partial charge in [0.25, 0.3) is 11.8 Å². The number of anilines is 2. The molecule has 2 heterocycles. The Bertz CT molecular complexity index is 1780. The highest BCUT2D eigenvalue weighted by Crippen LogP contribution is 2.38. The Morgan fingerprint density at radius 1 is 0.609 bits per heavy atom. The molecule has 46 heavy (non-hydrogen) atoms. The van der Waals surface area contributed by atoms with Crippen LogP contribution in [0.5, 0.6) is 0 Å². The van der Waals surface area contributed by atoms with E-state index in [1.807, 2.05) is 48.5 Å². The summed E-state index contributed by atoms with van der Waals surface area (Å²) in [7, 11) is 0. The van der Waals surface area contributed by atoms with Gasteiger partial charge in [-0.2, -0.15) is 0 Å². The standard InChI is InChI=1S/C34H26Br2N2O6S2/c1-3-43-33(41)27-25(19-9-13-21(35)14-10-19)17-45-31(27)37-29(39)23-7-5-6-8-24(23)30(40)38-32-28(34(42)44-4-2)26(18-46-32)20-11-15-22(36)16-12-20/h5-18H,3-4H2,1-2H3,(H,37,39)(H,38,40). The summed E-state index contributed by atoms with van der Waals surface area (Å²) in [6.45, 7) is 3.73. The van der Waals surface area contributed by atoms with Crippen molar-refractivity contribution < 1.29 is 28.7 Å². The number of halogens is 2. The van der Waals surface area contributed by atoms with E-state index in [0.717, 1.165) is 20.1 Å². The molecule has 5 aromatic rings. The zero-order valence-electron chi connectivity index (χ0n) is 24.5. The van der Waals surface area contributed by atoms with E-state index in [1.165, 1.54) is 34.8 Å². The second-order valence-corrected chi connectivity index (χ2v) is 13.2. The lowest BCUT2D eigenvalue weighted by Gasteiger charge is -2.12. The molecule has 0 aliphatic rings. The summed E-state index contributed by atoms with van der Waals surface area (Å²) < 4.78 is 12.4. The topological polar surface area (TPSA) is 111 Å². The number of amides is 2. The Hall–Kier alpha value is -4.10. The zero-order chi connectivity index (χ0) is 32.8. The van der Waals surface area contributed by atoms with Gasteiger partial charge in [-0.05, 0) is 61.4 Å². The summed E-state index contributed by atoms with van der Waals surface area (Å²) in [5.74, 6) is -2.33. The Balaban J connectivity index is 1.45. The highest BCUT2D eigenvalue weighted by molar-refractivity contribution is 9.10. The molecule has 0 bridgehead atoms. The molecule has 0 fully saturated rings. The lowest BCUT2D eigenvalue weighted by atomic mass is 10.0. The van der Waals surface area contributed by atoms with E-state index in [1.54, 1.807) is 36.7 Å². The van der Waals surface area contributed by atoms with Gasteiger partial charge >= 0.3 is 11.9 Å². The third kappa shape index (κ3) is 7.31. The minimum Gasteiger partial charge on any atom is -0.462 e. The molecule has 234 valence electrons. The Morgan fingerprint density at radius 2 is 0.978 bits per heavy atom. The molecule has 0 atom stereocenters. The fraction of sp³-hybridized carbons (Fsp3) is 0.118. The molecule has 0 aliphatic carbocycles. The van der Waals surface area contributed by atoms with Crippen LogP contribution >= 0.6 is 54.5 Å². The van der Waals surface area contributed by atoms with Crippen molar-refractivity contribution in [1.29, 1.82) is 0 Å². The fourth-order valence-electron chi connectivity index (χ4n) is 4.62. The summed E-state index contributed by atoms with van der Waals surface area (Å²) in [5, 5.41) is 9.77. The van der Waals surface area contributed by atoms with Crippen LogP contribution in [0.3, 0.4) is 0 Å². The smallest absolute Gasteiger partial charge is 0.341 e. The predicted octanol–water partition coefficient (Wildman–Crippen LogP) is 9.53. The number of hydrogen-bond donors (Lipinski definition) is 2. The van der Waals surface area contributed by atoms with Gasteiger partial charge < -0.3 is 20.1 Å². The second-order valence-electron chi connectivity index (χ2n) is 9.62. The lowest BCUT2D eigenvalue weighted by molar-refractivity contribution is 0.0519. The number of nitrogens with one attached hydrogen (secondary N) is 2. The molecule has 3 aromatic carbocycles. The van der Waals surface area contributed by atoms with Crippen molar-refractivity contribution in [3.63, 3.8) is 0 Å². The molecule has 0 spiro atoms. The first-order valence-corrected chi connectivity index (χ1v) is 17.4. The van der Waals surface area contributed by atoms with Crippen molar-refractivity contribution in [1.82, 2.24) is 0 Å². The molecule has 2 aromatic heterocycles. The predicted molar refractivity (Wildman–Crippen MR) is 189 cm³/mol. The van der Waals surface area contributed by atoms with Crippen molar-refractivity contribution in [2.45, 2.75) is 13.8 Å². The maximum Gasteiger partial charge on any atom is 0.341 e. The summed E-state index contributed by atoms with van der Waals surface area (Å²) >= 11 is 9.21. The first-order valence-electron chi connectivity index (χ1n) is 14.0. The first-order chi connectivity index (χ1) is 22.2. The minimum absolute atomic E-state index is 0.0794. The molecule has 12 heteroatoms. The second kappa shape index (κ2) is 15.0. The van der Waals surface area contributed by atoms with E-state index >= 15 is 0 Å². The fourth-order valence-corrected chi connectivity index (χ4v) is 7.05. The van der Waals surface area contributed by atoms with Gasteiger partial charge in [-0.15, -0.1) is 22.7 Å². The van der Waals surface area contributed by atoms with Crippen LogP contribution in [0, 0.1) is 0 Å². The lowest BCUT2D eigenvalue weighted by Crippen LogP contribution is -2.21. The highest BCUT2D eigenvalue weighted by Gasteiger charge is 2.27. The molecular weight excluding hydrogens is 756 g/mol. The van der Waals surface area contributed by atoms with Gasteiger partial charge in [0.2, 0.25) is 0 Å². The van der Waals surface area contributed by atoms with Gasteiger partial charge in [-0.3, -0.25) is 9.59 Å². The van der Waals surface area contributed by atoms with E-state index in [9.17, 15) is 19.2 Å². The van der Waals surface area contributed by atoms with Gasteiger partial charge in [0, 0.05) is 30.8 Å². The van der Waals surface area contributed by atoms with Crippen LogP contribution in [0.2, 0.25) is 0 Å². The van der Waals surface area contributed by atoms with Crippen LogP contribution in [0.4, 0.5) is 10.0 Å². The molecule has 0 unspecified atom stereocenters. The molecule has 0 radical (unpaired) electrons. The summed E-state index contributed by atoms with van der Waals surface area (Å²) in [6, 6.07) is 21.2. The van der Waals surface area contributed by atoms with Crippen molar-refractivity contribution in [2.24, 2.45) is 0 Å². The van der Waals surface area contributed by atoms with E-state index < -0.39 is 23.8 Å². The van der Waals surface area contributed by atoms with Crippen LogP contribution in [-0.2, 0) is 9.47 Å². The van der Waals surface area contributed by atoms with Gasteiger partial charge in [0.05, 0.1) is 24.3 Å². The molecule has 0 saturated carbocycles. The zero-order valence-corrected chi connectivity index (χ0v) is 29.3. The third-order valence-corrected chi connectivity index (χ3v) is 9.57. The molecule has 2 N–H and O–H groups in total. The van der Waals surface area contributed by atoms with Crippen LogP contribution in [0.15, 0.2) is 92.5 Å². The number of carbonyl (C=O) groups excluding carboxylic acids is 4. The average Bonchev–Trinajstić information content (AvgIpc) is 3.66. The van der Waals surface area contributed by atoms with Crippen molar-refractivity contribution in [3.05, 3.63) is 115 Å². The number of carbonyl (C=O) groups is 4. The summed E-state index contributed by atoms with van der Waals surface area (Å²) in [6.07, 6.45) is 0. The Labute approximate surface area is 290 Å². The van der Waals surface area contributed by atoms with E-state index in [2.05, 4.69) is 42.5 Å². The largest absolute Gasteiger partial charge is 0.462 e.